The van der Waals surface area contributed by atoms with Gasteiger partial charge in [-0.05, 0) is 43.9 Å². The number of piperidine rings is 1. The maximum atomic E-state index is 14.0. The van der Waals surface area contributed by atoms with Crippen LogP contribution in [-0.2, 0) is 11.2 Å². The van der Waals surface area contributed by atoms with Gasteiger partial charge in [-0.25, -0.2) is 19.3 Å². The highest BCUT2D eigenvalue weighted by Gasteiger charge is 2.32. The Balaban J connectivity index is 1.73. The predicted molar refractivity (Wildman–Crippen MR) is 121 cm³/mol. The quantitative estimate of drug-likeness (QED) is 0.589. The summed E-state index contributed by atoms with van der Waals surface area (Å²) >= 11 is 1.55. The Morgan fingerprint density at radius 3 is 2.84 bits per heavy atom. The van der Waals surface area contributed by atoms with Gasteiger partial charge in [0.05, 0.1) is 28.9 Å². The van der Waals surface area contributed by atoms with E-state index in [0.717, 1.165) is 41.2 Å². The molecule has 8 heteroatoms. The molecule has 1 saturated heterocycles. The summed E-state index contributed by atoms with van der Waals surface area (Å²) in [5.74, 6) is 0.309. The molecule has 31 heavy (non-hydrogen) atoms. The van der Waals surface area contributed by atoms with Crippen LogP contribution in [-0.4, -0.2) is 46.4 Å². The molecule has 0 aliphatic carbocycles. The summed E-state index contributed by atoms with van der Waals surface area (Å²) < 4.78 is 14.0. The van der Waals surface area contributed by atoms with Crippen LogP contribution in [0.5, 0.6) is 0 Å². The number of likely N-dealkylation sites (tertiary alicyclic amines) is 1. The van der Waals surface area contributed by atoms with Crippen LogP contribution in [0.25, 0.3) is 11.1 Å². The highest BCUT2D eigenvalue weighted by atomic mass is 32.1. The number of carbonyl (C=O) groups is 1. The molecule has 1 amide bonds. The molecule has 1 aliphatic rings. The van der Waals surface area contributed by atoms with Gasteiger partial charge in [-0.3, -0.25) is 4.79 Å². The van der Waals surface area contributed by atoms with Crippen molar-refractivity contribution in [2.75, 3.05) is 25.5 Å². The Kier molecular flexibility index (Phi) is 6.27. The van der Waals surface area contributed by atoms with Crippen LogP contribution in [0, 0.1) is 12.7 Å². The van der Waals surface area contributed by atoms with Gasteiger partial charge in [-0.2, -0.15) is 0 Å². The zero-order chi connectivity index (χ0) is 22.0. The van der Waals surface area contributed by atoms with Crippen molar-refractivity contribution < 1.29 is 9.18 Å². The van der Waals surface area contributed by atoms with Crippen LogP contribution in [0.15, 0.2) is 35.8 Å². The van der Waals surface area contributed by atoms with Gasteiger partial charge in [-0.1, -0.05) is 12.1 Å². The Labute approximate surface area is 185 Å². The molecule has 0 bridgehead atoms. The summed E-state index contributed by atoms with van der Waals surface area (Å²) in [7, 11) is 3.77. The molecule has 4 rings (SSSR count). The molecule has 1 fully saturated rings. The molecule has 1 aliphatic heterocycles. The highest BCUT2D eigenvalue weighted by Crippen LogP contribution is 2.37. The van der Waals surface area contributed by atoms with Gasteiger partial charge in [0.15, 0.2) is 0 Å². The van der Waals surface area contributed by atoms with Crippen LogP contribution >= 0.6 is 11.3 Å². The second-order valence-corrected chi connectivity index (χ2v) is 9.07. The summed E-state index contributed by atoms with van der Waals surface area (Å²) in [6, 6.07) is 6.27. The summed E-state index contributed by atoms with van der Waals surface area (Å²) in [4.78, 5) is 30.8. The first-order valence-electron chi connectivity index (χ1n) is 10.4. The summed E-state index contributed by atoms with van der Waals surface area (Å²) in [5, 5.41) is 2.90. The predicted octanol–water partition coefficient (Wildman–Crippen LogP) is 4.41. The average molecular weight is 440 g/mol. The van der Waals surface area contributed by atoms with Crippen molar-refractivity contribution in [1.29, 1.82) is 0 Å². The first-order valence-corrected chi connectivity index (χ1v) is 11.3. The lowest BCUT2D eigenvalue weighted by Gasteiger charge is -2.36. The molecule has 0 saturated carbocycles. The Morgan fingerprint density at radius 2 is 2.13 bits per heavy atom. The van der Waals surface area contributed by atoms with E-state index in [1.807, 2.05) is 42.3 Å². The fourth-order valence-corrected chi connectivity index (χ4v) is 4.61. The molecule has 0 radical (unpaired) electrons. The topological polar surface area (TPSA) is 62.2 Å². The van der Waals surface area contributed by atoms with E-state index in [-0.39, 0.29) is 24.2 Å². The number of benzene rings is 1. The zero-order valence-corrected chi connectivity index (χ0v) is 18.8. The van der Waals surface area contributed by atoms with E-state index in [1.54, 1.807) is 23.6 Å². The Morgan fingerprint density at radius 1 is 1.29 bits per heavy atom. The number of carbonyl (C=O) groups excluding carboxylic acids is 1. The van der Waals surface area contributed by atoms with E-state index in [1.165, 1.54) is 12.1 Å². The van der Waals surface area contributed by atoms with E-state index < -0.39 is 0 Å². The summed E-state index contributed by atoms with van der Waals surface area (Å²) in [5.41, 5.74) is 3.05. The van der Waals surface area contributed by atoms with Crippen molar-refractivity contribution in [1.82, 2.24) is 19.9 Å². The summed E-state index contributed by atoms with van der Waals surface area (Å²) in [6.45, 7) is 2.62. The maximum Gasteiger partial charge on any atom is 0.229 e. The number of aromatic nitrogens is 3. The third-order valence-corrected chi connectivity index (χ3v) is 6.30. The second kappa shape index (κ2) is 9.09. The number of anilines is 1. The first kappa shape index (κ1) is 21.4. The third-order valence-electron chi connectivity index (χ3n) is 5.48. The molecule has 0 N–H and O–H groups in total. The van der Waals surface area contributed by atoms with Crippen molar-refractivity contribution in [3.63, 3.8) is 0 Å². The van der Waals surface area contributed by atoms with E-state index >= 15 is 0 Å². The highest BCUT2D eigenvalue weighted by molar-refractivity contribution is 7.09. The molecular weight excluding hydrogens is 413 g/mol. The van der Waals surface area contributed by atoms with Crippen LogP contribution < -0.4 is 4.90 Å². The normalized spacial score (nSPS) is 16.4. The molecule has 162 valence electrons. The van der Waals surface area contributed by atoms with Gasteiger partial charge >= 0.3 is 0 Å². The van der Waals surface area contributed by atoms with Gasteiger partial charge in [0.2, 0.25) is 11.9 Å². The fraction of sp³-hybridized carbons (Fsp3) is 0.391. The number of halogens is 1. The number of thiazole rings is 1. The lowest BCUT2D eigenvalue weighted by Crippen LogP contribution is -2.40. The number of hydrogen-bond acceptors (Lipinski definition) is 6. The smallest absolute Gasteiger partial charge is 0.229 e. The molecule has 3 aromatic rings. The third kappa shape index (κ3) is 4.74. The van der Waals surface area contributed by atoms with Gasteiger partial charge in [0.25, 0.3) is 0 Å². The van der Waals surface area contributed by atoms with Gasteiger partial charge in [0, 0.05) is 37.8 Å². The number of nitrogens with zero attached hydrogens (tertiary/aromatic N) is 5. The summed E-state index contributed by atoms with van der Waals surface area (Å²) in [6.07, 6.45) is 4.80. The lowest BCUT2D eigenvalue weighted by atomic mass is 9.93. The Hall–Kier alpha value is -2.87. The minimum atomic E-state index is -0.310. The molecular formula is C23H26FN5OS. The molecule has 2 aromatic heterocycles. The fourth-order valence-electron chi connectivity index (χ4n) is 3.99. The second-order valence-electron chi connectivity index (χ2n) is 8.01. The van der Waals surface area contributed by atoms with Crippen molar-refractivity contribution in [2.45, 2.75) is 38.6 Å². The maximum absolute atomic E-state index is 14.0. The number of amides is 1. The first-order chi connectivity index (χ1) is 14.9. The van der Waals surface area contributed by atoms with Crippen LogP contribution in [0.3, 0.4) is 0 Å². The van der Waals surface area contributed by atoms with E-state index in [0.29, 0.717) is 18.1 Å². The van der Waals surface area contributed by atoms with Crippen LogP contribution in [0.1, 0.15) is 41.7 Å². The molecule has 0 unspecified atom stereocenters. The minimum Gasteiger partial charge on any atom is -0.347 e. The standard InChI is InChI=1S/C23H26FN5OS/c1-15-26-18(14-31-15)12-21(30)29-10-5-4-9-20(29)22-19(13-25-23(27-22)28(2)3)16-7-6-8-17(24)11-16/h6-8,11,13-14,20H,4-5,9-10,12H2,1-3H3/t20-/m1/s1. The van der Waals surface area contributed by atoms with Gasteiger partial charge in [-0.15, -0.1) is 11.3 Å². The van der Waals surface area contributed by atoms with E-state index in [2.05, 4.69) is 9.97 Å². The van der Waals surface area contributed by atoms with E-state index in [9.17, 15) is 9.18 Å². The number of aryl methyl sites for hydroxylation is 1. The van der Waals surface area contributed by atoms with Crippen molar-refractivity contribution >= 4 is 23.2 Å². The number of hydrogen-bond donors (Lipinski definition) is 0. The molecule has 1 aromatic carbocycles. The number of rotatable bonds is 5. The molecule has 1 atom stereocenters. The SMILES string of the molecule is Cc1nc(CC(=O)N2CCCC[C@@H]2c2nc(N(C)C)ncc2-c2cccc(F)c2)cs1. The molecule has 3 heterocycles. The van der Waals surface area contributed by atoms with E-state index in [4.69, 9.17) is 4.98 Å². The van der Waals surface area contributed by atoms with Crippen LogP contribution in [0.2, 0.25) is 0 Å². The zero-order valence-electron chi connectivity index (χ0n) is 18.0. The minimum absolute atomic E-state index is 0.0465. The van der Waals surface area contributed by atoms with Gasteiger partial charge < -0.3 is 9.80 Å². The Bertz CT molecular complexity index is 1080. The van der Waals surface area contributed by atoms with Crippen molar-refractivity contribution in [2.24, 2.45) is 0 Å². The average Bonchev–Trinajstić information content (AvgIpc) is 3.17. The van der Waals surface area contributed by atoms with Crippen LogP contribution in [0.4, 0.5) is 10.3 Å². The van der Waals surface area contributed by atoms with Crippen molar-refractivity contribution in [3.8, 4) is 11.1 Å². The lowest BCUT2D eigenvalue weighted by molar-refractivity contribution is -0.134. The molecule has 0 spiro atoms. The largest absolute Gasteiger partial charge is 0.347 e. The molecule has 6 nitrogen and oxygen atoms in total. The monoisotopic (exact) mass is 439 g/mol. The van der Waals surface area contributed by atoms with Gasteiger partial charge in [0.1, 0.15) is 5.82 Å². The van der Waals surface area contributed by atoms with Crippen molar-refractivity contribution in [3.05, 3.63) is 58.1 Å².